The number of nitrogen functional groups attached to an aromatic ring is 1. The van der Waals surface area contributed by atoms with E-state index in [9.17, 15) is 28.8 Å². The lowest BCUT2D eigenvalue weighted by Crippen LogP contribution is -2.46. The molecule has 0 aromatic carbocycles. The van der Waals surface area contributed by atoms with Gasteiger partial charge in [-0.15, -0.1) is 0 Å². The van der Waals surface area contributed by atoms with Crippen molar-refractivity contribution < 1.29 is 58.3 Å². The van der Waals surface area contributed by atoms with Gasteiger partial charge < -0.3 is 62.7 Å². The number of carboxylic acids is 3. The Bertz CT molecular complexity index is 1340. The number of aromatic nitrogens is 2. The molecule has 20 nitrogen and oxygen atoms in total. The minimum Gasteiger partial charge on any atom is -0.481 e. The van der Waals surface area contributed by atoms with Gasteiger partial charge in [-0.25, -0.2) is 4.79 Å². The number of aliphatic carboxylic acids is 3. The first kappa shape index (κ1) is 36.1. The van der Waals surface area contributed by atoms with Gasteiger partial charge in [0.15, 0.2) is 11.9 Å². The van der Waals surface area contributed by atoms with Crippen molar-refractivity contribution in [1.82, 2.24) is 9.97 Å². The summed E-state index contributed by atoms with van der Waals surface area (Å²) in [7, 11) is 1.42. The number of esters is 3. The van der Waals surface area contributed by atoms with Crippen LogP contribution in [0.5, 0.6) is 5.88 Å². The Morgan fingerprint density at radius 2 is 1.29 bits per heavy atom. The van der Waals surface area contributed by atoms with Crippen LogP contribution >= 0.6 is 0 Å². The van der Waals surface area contributed by atoms with E-state index in [2.05, 4.69) is 15.3 Å². The Balaban J connectivity index is 2.42. The molecule has 1 aliphatic heterocycles. The Kier molecular flexibility index (Phi) is 12.9. The van der Waals surface area contributed by atoms with Crippen LogP contribution in [0.4, 0.5) is 17.5 Å². The molecule has 20 heteroatoms. The third-order valence-electron chi connectivity index (χ3n) is 6.32. The topological polar surface area (TPSA) is 336 Å². The predicted molar refractivity (Wildman–Crippen MR) is 152 cm³/mol. The smallest absolute Gasteiger partial charge is 0.329 e. The Labute approximate surface area is 255 Å². The number of carbonyl (C=O) groups excluding carboxylic acids is 3. The molecule has 0 radical (unpaired) electrons. The van der Waals surface area contributed by atoms with Gasteiger partial charge in [0.2, 0.25) is 5.95 Å². The molecule has 0 aliphatic carbocycles. The highest BCUT2D eigenvalue weighted by molar-refractivity contribution is 5.85. The number of likely N-dealkylation sites (N-methyl/N-ethyl adjacent to an activating group) is 1. The van der Waals surface area contributed by atoms with Crippen LogP contribution in [0.3, 0.4) is 0 Å². The molecule has 0 fully saturated rings. The highest BCUT2D eigenvalue weighted by atomic mass is 16.6. The van der Waals surface area contributed by atoms with Crippen LogP contribution in [0.15, 0.2) is 11.9 Å². The Hall–Kier alpha value is -5.08. The Morgan fingerprint density at radius 3 is 1.78 bits per heavy atom. The zero-order chi connectivity index (χ0) is 34.0. The molecule has 1 aliphatic rings. The standard InChI is InChI=1S/C25H36N8O12/c1-10(43-22(40)11(26)3-6-15(34)35)19(44-23(41)12(27)4-7-16(36)37)14-9-30-20-18(33(14)2)21(32-25(29)31-20)45-24(42)13(28)5-8-17(38)39/h9-13,19H,3-8,26-28H2,1-2H3,(H,34,35)(H,36,37)(H,38,39)(H3,29,30,31,32). The number of rotatable bonds is 17. The summed E-state index contributed by atoms with van der Waals surface area (Å²) in [5.74, 6) is -7.36. The number of nitrogens with one attached hydrogen (secondary N) is 1. The highest BCUT2D eigenvalue weighted by Crippen LogP contribution is 2.40. The first-order valence-electron chi connectivity index (χ1n) is 13.4. The number of nitrogens with zero attached hydrogens (tertiary/aromatic N) is 3. The lowest BCUT2D eigenvalue weighted by atomic mass is 10.1. The number of fused-ring (bicyclic) bond motifs is 1. The van der Waals surface area contributed by atoms with Crippen LogP contribution in [-0.2, 0) is 38.2 Å². The summed E-state index contributed by atoms with van der Waals surface area (Å²) in [6.45, 7) is 1.34. The summed E-state index contributed by atoms with van der Waals surface area (Å²) >= 11 is 0. The van der Waals surface area contributed by atoms with Gasteiger partial charge in [-0.2, -0.15) is 9.97 Å². The lowest BCUT2D eigenvalue weighted by molar-refractivity contribution is -0.166. The molecule has 0 bridgehead atoms. The summed E-state index contributed by atoms with van der Waals surface area (Å²) in [6.07, 6.45) is -3.50. The average Bonchev–Trinajstić information content (AvgIpc) is 2.95. The number of ether oxygens (including phenoxy) is 3. The number of carbonyl (C=O) groups is 6. The van der Waals surface area contributed by atoms with Crippen molar-refractivity contribution in [2.45, 2.75) is 75.8 Å². The second kappa shape index (κ2) is 16.1. The van der Waals surface area contributed by atoms with Gasteiger partial charge in [-0.05, 0) is 26.2 Å². The molecule has 0 spiro atoms. The third-order valence-corrected chi connectivity index (χ3v) is 6.32. The molecule has 5 atom stereocenters. The number of nitrogens with two attached hydrogens (primary N) is 4. The fourth-order valence-corrected chi connectivity index (χ4v) is 3.87. The molecule has 12 N–H and O–H groups in total. The largest absolute Gasteiger partial charge is 0.481 e. The predicted octanol–water partition coefficient (Wildman–Crippen LogP) is -1.91. The first-order valence-corrected chi connectivity index (χ1v) is 13.4. The fourth-order valence-electron chi connectivity index (χ4n) is 3.87. The number of hydrogen-bond donors (Lipinski definition) is 8. The molecule has 45 heavy (non-hydrogen) atoms. The summed E-state index contributed by atoms with van der Waals surface area (Å²) in [5, 5.41) is 29.5. The second-order valence-corrected chi connectivity index (χ2v) is 9.89. The zero-order valence-electron chi connectivity index (χ0n) is 24.4. The van der Waals surface area contributed by atoms with Crippen molar-refractivity contribution in [2.75, 3.05) is 23.0 Å². The number of anilines is 3. The normalized spacial score (nSPS) is 15.6. The van der Waals surface area contributed by atoms with E-state index < -0.39 is 91.3 Å². The maximum Gasteiger partial charge on any atom is 0.329 e. The maximum atomic E-state index is 12.9. The van der Waals surface area contributed by atoms with Gasteiger partial charge in [0.1, 0.15) is 29.9 Å². The summed E-state index contributed by atoms with van der Waals surface area (Å²) in [6, 6.07) is -4.05. The molecular formula is C25H36N8O12. The quantitative estimate of drug-likeness (QED) is 0.0860. The third kappa shape index (κ3) is 10.5. The van der Waals surface area contributed by atoms with Gasteiger partial charge in [0, 0.05) is 32.5 Å². The molecule has 0 saturated carbocycles. The van der Waals surface area contributed by atoms with Gasteiger partial charge >= 0.3 is 35.8 Å². The van der Waals surface area contributed by atoms with Crippen LogP contribution in [0.1, 0.15) is 45.4 Å². The lowest BCUT2D eigenvalue weighted by Gasteiger charge is -2.36. The van der Waals surface area contributed by atoms with E-state index in [1.165, 1.54) is 25.1 Å². The minimum atomic E-state index is -1.46. The van der Waals surface area contributed by atoms with Crippen molar-refractivity contribution >= 4 is 53.3 Å². The van der Waals surface area contributed by atoms with Crippen molar-refractivity contribution in [3.05, 3.63) is 11.9 Å². The first-order chi connectivity index (χ1) is 21.0. The monoisotopic (exact) mass is 640 g/mol. The Morgan fingerprint density at radius 1 is 0.822 bits per heavy atom. The van der Waals surface area contributed by atoms with Gasteiger partial charge in [0.05, 0.1) is 5.70 Å². The molecule has 2 heterocycles. The summed E-state index contributed by atoms with van der Waals surface area (Å²) in [5.41, 5.74) is 23.2. The van der Waals surface area contributed by atoms with E-state index >= 15 is 0 Å². The van der Waals surface area contributed by atoms with E-state index in [4.69, 9.17) is 52.5 Å². The van der Waals surface area contributed by atoms with Crippen LogP contribution in [0, 0.1) is 0 Å². The highest BCUT2D eigenvalue weighted by Gasteiger charge is 2.38. The van der Waals surface area contributed by atoms with E-state index in [0.717, 1.165) is 0 Å². The minimum absolute atomic E-state index is 0.0200. The van der Waals surface area contributed by atoms with Crippen LogP contribution in [0.25, 0.3) is 0 Å². The van der Waals surface area contributed by atoms with E-state index in [1.807, 2.05) is 0 Å². The van der Waals surface area contributed by atoms with Crippen molar-refractivity contribution in [3.63, 3.8) is 0 Å². The molecule has 1 aromatic heterocycles. The molecule has 1 aromatic rings. The van der Waals surface area contributed by atoms with Gasteiger partial charge in [-0.3, -0.25) is 24.0 Å². The van der Waals surface area contributed by atoms with E-state index in [1.54, 1.807) is 0 Å². The molecule has 248 valence electrons. The van der Waals surface area contributed by atoms with Crippen LogP contribution in [0.2, 0.25) is 0 Å². The number of hydrogen-bond acceptors (Lipinski definition) is 17. The summed E-state index contributed by atoms with van der Waals surface area (Å²) in [4.78, 5) is 80.2. The SMILES string of the molecule is CC(OC(=O)C(N)CCC(=O)O)C(OC(=O)C(N)CCC(=O)O)C1=CNc2nc(N)nc(OC(=O)C(N)CCC(=O)O)c2N1C. The van der Waals surface area contributed by atoms with Crippen molar-refractivity contribution in [3.8, 4) is 5.88 Å². The van der Waals surface area contributed by atoms with Gasteiger partial charge in [-0.1, -0.05) is 0 Å². The van der Waals surface area contributed by atoms with Crippen molar-refractivity contribution in [2.24, 2.45) is 17.2 Å². The zero-order valence-corrected chi connectivity index (χ0v) is 24.4. The van der Waals surface area contributed by atoms with Crippen LogP contribution < -0.4 is 37.9 Å². The van der Waals surface area contributed by atoms with E-state index in [0.29, 0.717) is 0 Å². The maximum absolute atomic E-state index is 12.9. The molecule has 0 saturated heterocycles. The van der Waals surface area contributed by atoms with E-state index in [-0.39, 0.29) is 42.4 Å². The van der Waals surface area contributed by atoms with Gasteiger partial charge in [0.25, 0.3) is 5.88 Å². The fraction of sp³-hybridized carbons (Fsp3) is 0.520. The average molecular weight is 641 g/mol. The molecule has 5 unspecified atom stereocenters. The van der Waals surface area contributed by atoms with Crippen LogP contribution in [-0.4, -0.2) is 98.5 Å². The molecular weight excluding hydrogens is 604 g/mol. The van der Waals surface area contributed by atoms with Crippen molar-refractivity contribution in [1.29, 1.82) is 0 Å². The number of carboxylic acid groups (broad SMARTS) is 3. The molecule has 2 rings (SSSR count). The second-order valence-electron chi connectivity index (χ2n) is 9.89. The summed E-state index contributed by atoms with van der Waals surface area (Å²) < 4.78 is 16.3. The molecule has 0 amide bonds.